The average Bonchev–Trinajstić information content (AvgIpc) is 2.74. The van der Waals surface area contributed by atoms with E-state index in [1.807, 2.05) is 16.8 Å². The molecule has 0 N–H and O–H groups in total. The molecule has 1 amide bonds. The van der Waals surface area contributed by atoms with Gasteiger partial charge in [0.15, 0.2) is 5.84 Å². The van der Waals surface area contributed by atoms with Crippen LogP contribution in [0.5, 0.6) is 0 Å². The Hall–Kier alpha value is -1.10. The second kappa shape index (κ2) is 6.80. The molecule has 0 radical (unpaired) electrons. The molecule has 0 unspecified atom stereocenters. The number of nitrogens with zero attached hydrogens (tertiary/aromatic N) is 3. The maximum atomic E-state index is 12.7. The van der Waals surface area contributed by atoms with Crippen LogP contribution in [-0.2, 0) is 9.53 Å². The fourth-order valence-electron chi connectivity index (χ4n) is 3.87. The van der Waals surface area contributed by atoms with Crippen LogP contribution >= 0.6 is 0 Å². The molecular weight excluding hydrogens is 290 g/mol. The molecule has 0 aromatic carbocycles. The molecule has 1 fully saturated rings. The molecule has 1 saturated carbocycles. The van der Waals surface area contributed by atoms with E-state index in [1.54, 1.807) is 7.11 Å². The van der Waals surface area contributed by atoms with Crippen LogP contribution in [0.3, 0.4) is 0 Å². The highest BCUT2D eigenvalue weighted by atomic mass is 16.5. The largest absolute Gasteiger partial charge is 0.383 e. The highest BCUT2D eigenvalue weighted by Crippen LogP contribution is 2.45. The van der Waals surface area contributed by atoms with Crippen LogP contribution in [-0.4, -0.2) is 61.1 Å². The van der Waals surface area contributed by atoms with E-state index in [9.17, 15) is 4.79 Å². The maximum Gasteiger partial charge on any atom is 0.290 e. The Morgan fingerprint density at radius 3 is 2.43 bits per heavy atom. The number of carbonyl (C=O) groups excluding carboxylic acids is 1. The van der Waals surface area contributed by atoms with E-state index >= 15 is 0 Å². The van der Waals surface area contributed by atoms with E-state index in [0.717, 1.165) is 32.2 Å². The van der Waals surface area contributed by atoms with Crippen molar-refractivity contribution < 1.29 is 9.53 Å². The molecular formula is C18H33N3O2. The summed E-state index contributed by atoms with van der Waals surface area (Å²) in [5.41, 5.74) is 0.0257. The summed E-state index contributed by atoms with van der Waals surface area (Å²) in [7, 11) is 3.61. The van der Waals surface area contributed by atoms with Gasteiger partial charge < -0.3 is 14.5 Å². The number of aliphatic imine (C=N–C) groups is 1. The van der Waals surface area contributed by atoms with Crippen LogP contribution in [0, 0.1) is 11.3 Å². The van der Waals surface area contributed by atoms with Gasteiger partial charge in [-0.2, -0.15) is 0 Å². The molecule has 0 atom stereocenters. The fourth-order valence-corrected chi connectivity index (χ4v) is 3.87. The summed E-state index contributed by atoms with van der Waals surface area (Å²) in [4.78, 5) is 21.6. The number of likely N-dealkylation sites (N-methyl/N-ethyl adjacent to an activating group) is 2. The van der Waals surface area contributed by atoms with Crippen molar-refractivity contribution in [3.05, 3.63) is 0 Å². The third-order valence-corrected chi connectivity index (χ3v) is 5.69. The number of hydrogen-bond donors (Lipinski definition) is 0. The topological polar surface area (TPSA) is 45.1 Å². The molecule has 2 rings (SSSR count). The Morgan fingerprint density at radius 1 is 1.35 bits per heavy atom. The second-order valence-corrected chi connectivity index (χ2v) is 7.99. The average molecular weight is 323 g/mol. The number of hydrogen-bond acceptors (Lipinski definition) is 4. The first kappa shape index (κ1) is 18.2. The summed E-state index contributed by atoms with van der Waals surface area (Å²) < 4.78 is 5.16. The summed E-state index contributed by atoms with van der Waals surface area (Å²) in [6.07, 6.45) is 4.23. The molecule has 1 spiro atoms. The van der Waals surface area contributed by atoms with Gasteiger partial charge in [0.1, 0.15) is 5.66 Å². The van der Waals surface area contributed by atoms with E-state index in [0.29, 0.717) is 30.3 Å². The Bertz CT molecular complexity index is 459. The van der Waals surface area contributed by atoms with Crippen molar-refractivity contribution in [3.8, 4) is 0 Å². The van der Waals surface area contributed by atoms with Gasteiger partial charge in [0.25, 0.3) is 5.91 Å². The van der Waals surface area contributed by atoms with Crippen molar-refractivity contribution in [3.63, 3.8) is 0 Å². The van der Waals surface area contributed by atoms with Gasteiger partial charge in [0.2, 0.25) is 0 Å². The van der Waals surface area contributed by atoms with Gasteiger partial charge >= 0.3 is 0 Å². The van der Waals surface area contributed by atoms with E-state index in [1.165, 1.54) is 0 Å². The Balaban J connectivity index is 2.15. The number of amides is 1. The Labute approximate surface area is 141 Å². The van der Waals surface area contributed by atoms with Crippen molar-refractivity contribution >= 4 is 11.7 Å². The minimum Gasteiger partial charge on any atom is -0.383 e. The molecule has 5 nitrogen and oxygen atoms in total. The molecule has 23 heavy (non-hydrogen) atoms. The number of amidine groups is 1. The molecule has 2 aliphatic rings. The Morgan fingerprint density at radius 2 is 1.96 bits per heavy atom. The lowest BCUT2D eigenvalue weighted by Crippen LogP contribution is -2.48. The van der Waals surface area contributed by atoms with Crippen LogP contribution in [0.2, 0.25) is 0 Å². The molecule has 1 heterocycles. The van der Waals surface area contributed by atoms with Crippen molar-refractivity contribution in [2.45, 2.75) is 59.0 Å². The quantitative estimate of drug-likeness (QED) is 0.799. The van der Waals surface area contributed by atoms with Gasteiger partial charge in [-0.25, -0.2) is 4.99 Å². The first-order valence-corrected chi connectivity index (χ1v) is 8.87. The summed E-state index contributed by atoms with van der Waals surface area (Å²) in [5.74, 6) is 1.41. The number of carbonyl (C=O) groups is 1. The standard InChI is InChI=1S/C18H33N3O2/c1-7-21(12-13-23-6)15-16(22)20(5)18(19-15)10-8-14(9-11-18)17(2,3)4/h14H,7-13H2,1-6H3. The predicted molar refractivity (Wildman–Crippen MR) is 93.5 cm³/mol. The van der Waals surface area contributed by atoms with Gasteiger partial charge in [-0.1, -0.05) is 20.8 Å². The second-order valence-electron chi connectivity index (χ2n) is 7.99. The van der Waals surface area contributed by atoms with Crippen molar-refractivity contribution in [2.75, 3.05) is 33.9 Å². The van der Waals surface area contributed by atoms with E-state index in [-0.39, 0.29) is 11.6 Å². The zero-order valence-corrected chi connectivity index (χ0v) is 15.7. The lowest BCUT2D eigenvalue weighted by Gasteiger charge is -2.43. The molecule has 132 valence electrons. The summed E-state index contributed by atoms with van der Waals surface area (Å²) in [6.45, 7) is 11.1. The van der Waals surface area contributed by atoms with Gasteiger partial charge in [-0.3, -0.25) is 4.79 Å². The van der Waals surface area contributed by atoms with Gasteiger partial charge in [-0.05, 0) is 43.9 Å². The number of methoxy groups -OCH3 is 1. The van der Waals surface area contributed by atoms with Crippen LogP contribution in [0.25, 0.3) is 0 Å². The van der Waals surface area contributed by atoms with Crippen molar-refractivity contribution in [1.82, 2.24) is 9.80 Å². The summed E-state index contributed by atoms with van der Waals surface area (Å²) in [6, 6.07) is 0. The molecule has 1 aliphatic heterocycles. The normalized spacial score (nSPS) is 28.4. The van der Waals surface area contributed by atoms with E-state index in [4.69, 9.17) is 9.73 Å². The monoisotopic (exact) mass is 323 g/mol. The summed E-state index contributed by atoms with van der Waals surface area (Å²) in [5, 5.41) is 0. The minimum atomic E-state index is -0.311. The first-order chi connectivity index (χ1) is 10.7. The fraction of sp³-hybridized carbons (Fsp3) is 0.889. The van der Waals surface area contributed by atoms with Crippen LogP contribution in [0.1, 0.15) is 53.4 Å². The van der Waals surface area contributed by atoms with Crippen LogP contribution < -0.4 is 0 Å². The van der Waals surface area contributed by atoms with Gasteiger partial charge in [0, 0.05) is 27.2 Å². The lowest BCUT2D eigenvalue weighted by molar-refractivity contribution is -0.128. The molecule has 1 aliphatic carbocycles. The zero-order chi connectivity index (χ0) is 17.3. The maximum absolute atomic E-state index is 12.7. The van der Waals surface area contributed by atoms with Gasteiger partial charge in [0.05, 0.1) is 6.61 Å². The lowest BCUT2D eigenvalue weighted by atomic mass is 9.69. The Kier molecular flexibility index (Phi) is 5.39. The summed E-state index contributed by atoms with van der Waals surface area (Å²) >= 11 is 0. The third-order valence-electron chi connectivity index (χ3n) is 5.69. The number of rotatable bonds is 4. The van der Waals surface area contributed by atoms with Crippen LogP contribution in [0.4, 0.5) is 0 Å². The minimum absolute atomic E-state index is 0.0668. The molecule has 0 aromatic rings. The van der Waals surface area contributed by atoms with Crippen LogP contribution in [0.15, 0.2) is 4.99 Å². The van der Waals surface area contributed by atoms with E-state index < -0.39 is 0 Å². The smallest absolute Gasteiger partial charge is 0.290 e. The van der Waals surface area contributed by atoms with Crippen molar-refractivity contribution in [2.24, 2.45) is 16.3 Å². The van der Waals surface area contributed by atoms with Gasteiger partial charge in [-0.15, -0.1) is 0 Å². The molecule has 0 bridgehead atoms. The molecule has 0 aromatic heterocycles. The SMILES string of the molecule is CCN(CCOC)C1=NC2(CCC(C(C)(C)C)CC2)N(C)C1=O. The number of ether oxygens (including phenoxy) is 1. The predicted octanol–water partition coefficient (Wildman–Crippen LogP) is 2.76. The molecule has 0 saturated heterocycles. The highest BCUT2D eigenvalue weighted by Gasteiger charge is 2.49. The molecule has 5 heteroatoms. The zero-order valence-electron chi connectivity index (χ0n) is 15.7. The first-order valence-electron chi connectivity index (χ1n) is 8.87. The van der Waals surface area contributed by atoms with E-state index in [2.05, 4.69) is 27.7 Å². The third kappa shape index (κ3) is 3.54. The highest BCUT2D eigenvalue weighted by molar-refractivity contribution is 6.39. The van der Waals surface area contributed by atoms with Crippen molar-refractivity contribution in [1.29, 1.82) is 0 Å².